The van der Waals surface area contributed by atoms with Gasteiger partial charge in [0.2, 0.25) is 5.91 Å². The summed E-state index contributed by atoms with van der Waals surface area (Å²) in [6, 6.07) is 14.1. The number of primary amides is 1. The third-order valence-electron chi connectivity index (χ3n) is 10.5. The topological polar surface area (TPSA) is 154 Å². The number of hydrogen-bond acceptors (Lipinski definition) is 9. The van der Waals surface area contributed by atoms with Crippen LogP contribution in [0, 0.1) is 18.8 Å². The average molecular weight is 755 g/mol. The van der Waals surface area contributed by atoms with Crippen molar-refractivity contribution in [2.75, 3.05) is 20.3 Å². The van der Waals surface area contributed by atoms with Crippen molar-refractivity contribution in [3.8, 4) is 22.2 Å². The summed E-state index contributed by atoms with van der Waals surface area (Å²) in [7, 11) is 1.63. The Morgan fingerprint density at radius 3 is 2.57 bits per heavy atom. The fraction of sp³-hybridized carbons (Fsp3) is 0.452. The Hall–Kier alpha value is -4.81. The number of methoxy groups -OCH3 is 1. The van der Waals surface area contributed by atoms with E-state index in [4.69, 9.17) is 29.9 Å². The number of pyridine rings is 1. The van der Waals surface area contributed by atoms with Gasteiger partial charge in [0, 0.05) is 35.4 Å². The van der Waals surface area contributed by atoms with Gasteiger partial charge >= 0.3 is 5.97 Å². The van der Waals surface area contributed by atoms with Gasteiger partial charge in [0.25, 0.3) is 5.91 Å². The van der Waals surface area contributed by atoms with E-state index in [0.717, 1.165) is 59.3 Å². The first-order valence-electron chi connectivity index (χ1n) is 18.8. The van der Waals surface area contributed by atoms with Crippen LogP contribution >= 0.6 is 11.3 Å². The zero-order valence-corrected chi connectivity index (χ0v) is 32.2. The molecular weight excluding hydrogens is 705 g/mol. The summed E-state index contributed by atoms with van der Waals surface area (Å²) in [6.45, 7) is 6.63. The molecule has 11 nitrogen and oxygen atoms in total. The van der Waals surface area contributed by atoms with E-state index in [2.05, 4.69) is 19.9 Å². The molecule has 2 fully saturated rings. The van der Waals surface area contributed by atoms with Gasteiger partial charge in [-0.2, -0.15) is 0 Å². The van der Waals surface area contributed by atoms with Crippen molar-refractivity contribution in [1.29, 1.82) is 0 Å². The van der Waals surface area contributed by atoms with Crippen LogP contribution in [0.4, 0.5) is 0 Å². The number of rotatable bonds is 16. The van der Waals surface area contributed by atoms with Crippen molar-refractivity contribution in [2.24, 2.45) is 17.6 Å². The van der Waals surface area contributed by atoms with Gasteiger partial charge in [0.1, 0.15) is 34.3 Å². The molecule has 2 aliphatic rings. The number of allylic oxidation sites excluding steroid dienone is 2. The van der Waals surface area contributed by atoms with E-state index in [9.17, 15) is 19.5 Å². The van der Waals surface area contributed by atoms with Gasteiger partial charge < -0.3 is 30.0 Å². The van der Waals surface area contributed by atoms with Gasteiger partial charge in [0.15, 0.2) is 6.10 Å². The maximum atomic E-state index is 14.3. The highest BCUT2D eigenvalue weighted by molar-refractivity contribution is 7.13. The number of thiazole rings is 1. The second-order valence-electron chi connectivity index (χ2n) is 14.5. The molecule has 0 spiro atoms. The van der Waals surface area contributed by atoms with E-state index in [1.54, 1.807) is 7.11 Å². The van der Waals surface area contributed by atoms with Gasteiger partial charge in [-0.3, -0.25) is 14.4 Å². The van der Waals surface area contributed by atoms with Crippen molar-refractivity contribution in [2.45, 2.75) is 89.9 Å². The van der Waals surface area contributed by atoms with Gasteiger partial charge in [-0.15, -0.1) is 11.3 Å². The maximum Gasteiger partial charge on any atom is 0.307 e. The number of amides is 2. The van der Waals surface area contributed by atoms with E-state index in [1.165, 1.54) is 16.2 Å². The molecule has 5 atom stereocenters. The first-order chi connectivity index (χ1) is 26.0. The molecule has 3 N–H and O–H groups in total. The molecule has 0 radical (unpaired) electrons. The number of aryl methyl sites for hydroxylation is 1. The van der Waals surface area contributed by atoms with E-state index in [0.29, 0.717) is 35.8 Å². The quantitative estimate of drug-likeness (QED) is 0.0869. The van der Waals surface area contributed by atoms with Crippen LogP contribution in [0.15, 0.2) is 66.1 Å². The van der Waals surface area contributed by atoms with Crippen molar-refractivity contribution < 1.29 is 33.7 Å². The lowest BCUT2D eigenvalue weighted by molar-refractivity contribution is -0.148. The van der Waals surface area contributed by atoms with Crippen LogP contribution in [0.2, 0.25) is 0 Å². The van der Waals surface area contributed by atoms with Crippen LogP contribution in [0.5, 0.6) is 11.5 Å². The first kappa shape index (κ1) is 38.9. The molecule has 2 amide bonds. The average Bonchev–Trinajstić information content (AvgIpc) is 3.94. The zero-order chi connectivity index (χ0) is 38.4. The molecule has 2 aromatic heterocycles. The smallest absolute Gasteiger partial charge is 0.307 e. The summed E-state index contributed by atoms with van der Waals surface area (Å²) in [5, 5.41) is 13.1. The number of carboxylic acid groups (broad SMARTS) is 1. The van der Waals surface area contributed by atoms with E-state index >= 15 is 0 Å². The molecule has 1 aliphatic carbocycles. The summed E-state index contributed by atoms with van der Waals surface area (Å²) < 4.78 is 18.6. The van der Waals surface area contributed by atoms with Gasteiger partial charge in [-0.05, 0) is 68.6 Å². The molecule has 1 saturated heterocycles. The minimum atomic E-state index is -0.930. The number of carbonyl (C=O) groups is 3. The molecule has 2 aromatic carbocycles. The Balaban J connectivity index is 1.18. The zero-order valence-electron chi connectivity index (χ0n) is 31.4. The number of unbranched alkanes of at least 4 members (excludes halogenated alkanes) is 2. The summed E-state index contributed by atoms with van der Waals surface area (Å²) in [5.74, 6) is -0.333. The normalized spacial score (nSPS) is 20.6. The molecule has 1 aliphatic heterocycles. The Bertz CT molecular complexity index is 1980. The molecule has 1 unspecified atom stereocenters. The Kier molecular flexibility index (Phi) is 12.6. The van der Waals surface area contributed by atoms with Crippen LogP contribution in [0.3, 0.4) is 0 Å². The number of carboxylic acids is 1. The number of carbonyl (C=O) groups excluding carboxylic acids is 2. The molecular formula is C42H50N4O7S. The Morgan fingerprint density at radius 1 is 1.07 bits per heavy atom. The summed E-state index contributed by atoms with van der Waals surface area (Å²) >= 11 is 1.52. The minimum absolute atomic E-state index is 0.0909. The highest BCUT2D eigenvalue weighted by Gasteiger charge is 2.43. The summed E-state index contributed by atoms with van der Waals surface area (Å²) in [5.41, 5.74) is 9.85. The third-order valence-corrected chi connectivity index (χ3v) is 11.4. The molecule has 0 bridgehead atoms. The largest absolute Gasteiger partial charge is 0.496 e. The number of benzene rings is 2. The first-order valence-corrected chi connectivity index (χ1v) is 19.7. The highest BCUT2D eigenvalue weighted by atomic mass is 32.1. The number of aliphatic carboxylic acids is 1. The van der Waals surface area contributed by atoms with Crippen LogP contribution in [-0.2, 0) is 19.1 Å². The van der Waals surface area contributed by atoms with E-state index < -0.39 is 30.1 Å². The fourth-order valence-electron chi connectivity index (χ4n) is 7.50. The van der Waals surface area contributed by atoms with Crippen molar-refractivity contribution in [1.82, 2.24) is 14.9 Å². The van der Waals surface area contributed by atoms with Crippen LogP contribution < -0.4 is 15.2 Å². The maximum absolute atomic E-state index is 14.3. The molecule has 3 heterocycles. The van der Waals surface area contributed by atoms with Crippen LogP contribution in [0.1, 0.15) is 87.6 Å². The number of aromatic nitrogens is 2. The SMILES string of the molecule is COc1ccc2c(O[C@@H]3C[C@@H](C(N)=O)N(C(=O)[C@H](OCCCC/C=C\[C@@H]4CCCC4C(=O)O)c4ccccc4)C3)cc(-c3nc(C(C)C)cs3)nc2c1C. The van der Waals surface area contributed by atoms with Crippen LogP contribution in [-0.4, -0.2) is 70.2 Å². The molecule has 4 aromatic rings. The lowest BCUT2D eigenvalue weighted by atomic mass is 9.95. The predicted molar refractivity (Wildman–Crippen MR) is 209 cm³/mol. The third kappa shape index (κ3) is 8.76. The molecule has 1 saturated carbocycles. The highest BCUT2D eigenvalue weighted by Crippen LogP contribution is 2.38. The Morgan fingerprint density at radius 2 is 1.87 bits per heavy atom. The lowest BCUT2D eigenvalue weighted by Crippen LogP contribution is -2.46. The molecule has 6 rings (SSSR count). The second kappa shape index (κ2) is 17.6. The number of nitrogens with zero attached hydrogens (tertiary/aromatic N) is 3. The number of nitrogens with two attached hydrogens (primary N) is 1. The number of fused-ring (bicyclic) bond motifs is 1. The summed E-state index contributed by atoms with van der Waals surface area (Å²) in [6.07, 6.45) is 7.80. The van der Waals surface area contributed by atoms with Gasteiger partial charge in [-0.1, -0.05) is 62.8 Å². The summed E-state index contributed by atoms with van der Waals surface area (Å²) in [4.78, 5) is 50.0. The lowest BCUT2D eigenvalue weighted by Gasteiger charge is -2.27. The van der Waals surface area contributed by atoms with Crippen LogP contribution in [0.25, 0.3) is 21.6 Å². The van der Waals surface area contributed by atoms with Gasteiger partial charge in [-0.25, -0.2) is 9.97 Å². The number of ether oxygens (including phenoxy) is 3. The van der Waals surface area contributed by atoms with E-state index in [1.807, 2.05) is 66.9 Å². The monoisotopic (exact) mass is 754 g/mol. The standard InChI is InChI=1S/C42H50N4O7S/c1-25(2)33-24-54-40(45-33)32-22-36(31-18-19-35(51-4)26(3)37(31)44-32)53-29-21-34(39(43)47)46(23-29)41(48)38(28-14-9-7-10-15-28)52-20-11-6-5-8-13-27-16-12-17-30(27)42(49)50/h7-10,13-15,18-19,22,24-25,27,29-30,34,38H,5-6,11-12,16-17,20-21,23H2,1-4H3,(H2,43,47)(H,49,50)/b13-8-/t27-,29-,30?,34+,38-/m1/s1. The number of likely N-dealkylation sites (tertiary alicyclic amines) is 1. The van der Waals surface area contributed by atoms with E-state index in [-0.39, 0.29) is 36.6 Å². The van der Waals surface area contributed by atoms with Crippen molar-refractivity contribution >= 4 is 40.0 Å². The molecule has 54 heavy (non-hydrogen) atoms. The van der Waals surface area contributed by atoms with Gasteiger partial charge in [0.05, 0.1) is 30.8 Å². The predicted octanol–water partition coefficient (Wildman–Crippen LogP) is 7.62. The minimum Gasteiger partial charge on any atom is -0.496 e. The molecule has 12 heteroatoms. The molecule has 286 valence electrons. The Labute approximate surface area is 320 Å². The fourth-order valence-corrected chi connectivity index (χ4v) is 8.44. The van der Waals surface area contributed by atoms with Crippen molar-refractivity contribution in [3.05, 3.63) is 82.9 Å². The second-order valence-corrected chi connectivity index (χ2v) is 15.4. The van der Waals surface area contributed by atoms with Crippen molar-refractivity contribution in [3.63, 3.8) is 0 Å². The number of hydrogen-bond donors (Lipinski definition) is 2.